The molecule has 2 fully saturated rings. The molecule has 2 heterocycles. The molecule has 2 saturated heterocycles. The Balaban J connectivity index is 1.56. The van der Waals surface area contributed by atoms with Crippen LogP contribution in [-0.4, -0.2) is 49.7 Å². The molecule has 2 aliphatic heterocycles. The summed E-state index contributed by atoms with van der Waals surface area (Å²) in [5.74, 6) is 0.956. The van der Waals surface area contributed by atoms with E-state index in [1.165, 1.54) is 12.8 Å². The summed E-state index contributed by atoms with van der Waals surface area (Å²) in [6, 6.07) is 0. The number of piperidine rings is 1. The second kappa shape index (κ2) is 7.10. The van der Waals surface area contributed by atoms with Gasteiger partial charge in [-0.05, 0) is 38.1 Å². The topological polar surface area (TPSA) is 41.6 Å². The summed E-state index contributed by atoms with van der Waals surface area (Å²) in [5.41, 5.74) is 0. The van der Waals surface area contributed by atoms with Crippen LogP contribution in [0, 0.1) is 5.92 Å². The van der Waals surface area contributed by atoms with Gasteiger partial charge in [0, 0.05) is 32.7 Å². The Kier molecular flexibility index (Phi) is 5.45. The van der Waals surface area contributed by atoms with Gasteiger partial charge in [-0.3, -0.25) is 4.79 Å². The highest BCUT2D eigenvalue weighted by molar-refractivity contribution is 5.76. The second-order valence-electron chi connectivity index (χ2n) is 5.74. The van der Waals surface area contributed by atoms with Gasteiger partial charge in [0.05, 0.1) is 6.10 Å². The molecule has 104 valence electrons. The summed E-state index contributed by atoms with van der Waals surface area (Å²) >= 11 is 0. The van der Waals surface area contributed by atoms with Crippen LogP contribution in [0.4, 0.5) is 0 Å². The van der Waals surface area contributed by atoms with E-state index in [9.17, 15) is 4.79 Å². The van der Waals surface area contributed by atoms with E-state index in [2.05, 4.69) is 17.1 Å². The number of rotatable bonds is 5. The van der Waals surface area contributed by atoms with E-state index in [-0.39, 0.29) is 12.0 Å². The standard InChI is InChI=1S/C14H26N2O2/c1-12-4-2-7-16(11-12)8-6-14(17)15-10-13-5-3-9-18-13/h12-13H,2-11H2,1H3,(H,15,17). The first-order valence-electron chi connectivity index (χ1n) is 7.34. The molecule has 0 saturated carbocycles. The molecular formula is C14H26N2O2. The molecule has 0 spiro atoms. The van der Waals surface area contributed by atoms with Gasteiger partial charge in [-0.1, -0.05) is 6.92 Å². The largest absolute Gasteiger partial charge is 0.376 e. The molecule has 0 aliphatic carbocycles. The SMILES string of the molecule is CC1CCCN(CCC(=O)NCC2CCCO2)C1. The molecule has 0 aromatic rings. The normalized spacial score (nSPS) is 29.4. The highest BCUT2D eigenvalue weighted by atomic mass is 16.5. The molecule has 18 heavy (non-hydrogen) atoms. The third-order valence-corrected chi connectivity index (χ3v) is 3.95. The average Bonchev–Trinajstić information content (AvgIpc) is 2.87. The van der Waals surface area contributed by atoms with E-state index >= 15 is 0 Å². The first-order valence-corrected chi connectivity index (χ1v) is 7.34. The summed E-state index contributed by atoms with van der Waals surface area (Å²) in [6.45, 7) is 7.05. The van der Waals surface area contributed by atoms with Gasteiger partial charge in [0.15, 0.2) is 0 Å². The van der Waals surface area contributed by atoms with Crippen LogP contribution >= 0.6 is 0 Å². The van der Waals surface area contributed by atoms with E-state index < -0.39 is 0 Å². The van der Waals surface area contributed by atoms with Crippen molar-refractivity contribution in [1.82, 2.24) is 10.2 Å². The average molecular weight is 254 g/mol. The van der Waals surface area contributed by atoms with Crippen LogP contribution < -0.4 is 5.32 Å². The second-order valence-corrected chi connectivity index (χ2v) is 5.74. The maximum atomic E-state index is 11.7. The highest BCUT2D eigenvalue weighted by Gasteiger charge is 2.18. The lowest BCUT2D eigenvalue weighted by atomic mass is 10.0. The van der Waals surface area contributed by atoms with Crippen molar-refractivity contribution in [2.24, 2.45) is 5.92 Å². The monoisotopic (exact) mass is 254 g/mol. The van der Waals surface area contributed by atoms with Crippen molar-refractivity contribution >= 4 is 5.91 Å². The molecule has 0 aromatic heterocycles. The number of amides is 1. The van der Waals surface area contributed by atoms with Gasteiger partial charge in [0.25, 0.3) is 0 Å². The zero-order valence-corrected chi connectivity index (χ0v) is 11.5. The Bertz CT molecular complexity index is 265. The fraction of sp³-hybridized carbons (Fsp3) is 0.929. The minimum atomic E-state index is 0.170. The summed E-state index contributed by atoms with van der Waals surface area (Å²) < 4.78 is 5.49. The number of ether oxygens (including phenoxy) is 1. The van der Waals surface area contributed by atoms with Crippen LogP contribution in [0.5, 0.6) is 0 Å². The Morgan fingerprint density at radius 3 is 3.00 bits per heavy atom. The number of nitrogens with one attached hydrogen (secondary N) is 1. The lowest BCUT2D eigenvalue weighted by Gasteiger charge is -2.30. The van der Waals surface area contributed by atoms with E-state index in [1.807, 2.05) is 0 Å². The molecule has 4 nitrogen and oxygen atoms in total. The minimum Gasteiger partial charge on any atom is -0.376 e. The number of hydrogen-bond acceptors (Lipinski definition) is 3. The van der Waals surface area contributed by atoms with Gasteiger partial charge in [0.2, 0.25) is 5.91 Å². The van der Waals surface area contributed by atoms with Crippen molar-refractivity contribution in [3.8, 4) is 0 Å². The van der Waals surface area contributed by atoms with Crippen molar-refractivity contribution in [1.29, 1.82) is 0 Å². The lowest BCUT2D eigenvalue weighted by Crippen LogP contribution is -2.38. The van der Waals surface area contributed by atoms with Crippen LogP contribution in [-0.2, 0) is 9.53 Å². The zero-order valence-electron chi connectivity index (χ0n) is 11.5. The molecule has 2 unspecified atom stereocenters. The molecule has 1 N–H and O–H groups in total. The number of hydrogen-bond donors (Lipinski definition) is 1. The first kappa shape index (κ1) is 13.8. The van der Waals surface area contributed by atoms with Crippen LogP contribution in [0.3, 0.4) is 0 Å². The summed E-state index contributed by atoms with van der Waals surface area (Å²) in [7, 11) is 0. The highest BCUT2D eigenvalue weighted by Crippen LogP contribution is 2.15. The predicted molar refractivity (Wildman–Crippen MR) is 71.4 cm³/mol. The Morgan fingerprint density at radius 1 is 1.39 bits per heavy atom. The lowest BCUT2D eigenvalue weighted by molar-refractivity contribution is -0.122. The van der Waals surface area contributed by atoms with Gasteiger partial charge in [0.1, 0.15) is 0 Å². The number of carbonyl (C=O) groups is 1. The predicted octanol–water partition coefficient (Wildman–Crippen LogP) is 1.40. The van der Waals surface area contributed by atoms with Gasteiger partial charge >= 0.3 is 0 Å². The third kappa shape index (κ3) is 4.58. The van der Waals surface area contributed by atoms with Crippen molar-refractivity contribution in [2.45, 2.75) is 45.1 Å². The zero-order chi connectivity index (χ0) is 12.8. The molecular weight excluding hydrogens is 228 g/mol. The summed E-state index contributed by atoms with van der Waals surface area (Å²) in [4.78, 5) is 14.1. The van der Waals surface area contributed by atoms with Crippen molar-refractivity contribution < 1.29 is 9.53 Å². The van der Waals surface area contributed by atoms with Crippen LogP contribution in [0.1, 0.15) is 39.0 Å². The van der Waals surface area contributed by atoms with E-state index in [0.717, 1.165) is 45.0 Å². The van der Waals surface area contributed by atoms with Gasteiger partial charge in [-0.25, -0.2) is 0 Å². The first-order chi connectivity index (χ1) is 8.74. The quantitative estimate of drug-likeness (QED) is 0.806. The van der Waals surface area contributed by atoms with Crippen LogP contribution in [0.2, 0.25) is 0 Å². The van der Waals surface area contributed by atoms with E-state index in [4.69, 9.17) is 4.74 Å². The van der Waals surface area contributed by atoms with Gasteiger partial charge in [-0.15, -0.1) is 0 Å². The molecule has 2 aliphatic rings. The van der Waals surface area contributed by atoms with Gasteiger partial charge < -0.3 is 15.0 Å². The fourth-order valence-electron chi connectivity index (χ4n) is 2.87. The number of carbonyl (C=O) groups excluding carboxylic acids is 1. The van der Waals surface area contributed by atoms with Crippen molar-refractivity contribution in [3.05, 3.63) is 0 Å². The number of likely N-dealkylation sites (tertiary alicyclic amines) is 1. The molecule has 4 heteroatoms. The Labute approximate surface area is 110 Å². The smallest absolute Gasteiger partial charge is 0.221 e. The molecule has 0 radical (unpaired) electrons. The summed E-state index contributed by atoms with van der Waals surface area (Å²) in [5, 5.41) is 2.98. The van der Waals surface area contributed by atoms with E-state index in [0.29, 0.717) is 13.0 Å². The third-order valence-electron chi connectivity index (χ3n) is 3.95. The molecule has 0 aromatic carbocycles. The Hall–Kier alpha value is -0.610. The summed E-state index contributed by atoms with van der Waals surface area (Å²) in [6.07, 6.45) is 5.71. The maximum Gasteiger partial charge on any atom is 0.221 e. The van der Waals surface area contributed by atoms with Crippen LogP contribution in [0.15, 0.2) is 0 Å². The van der Waals surface area contributed by atoms with E-state index in [1.54, 1.807) is 0 Å². The molecule has 0 bridgehead atoms. The Morgan fingerprint density at radius 2 is 2.28 bits per heavy atom. The van der Waals surface area contributed by atoms with Crippen molar-refractivity contribution in [3.63, 3.8) is 0 Å². The minimum absolute atomic E-state index is 0.170. The van der Waals surface area contributed by atoms with Crippen LogP contribution in [0.25, 0.3) is 0 Å². The fourth-order valence-corrected chi connectivity index (χ4v) is 2.87. The molecule has 1 amide bonds. The number of nitrogens with zero attached hydrogens (tertiary/aromatic N) is 1. The maximum absolute atomic E-state index is 11.7. The van der Waals surface area contributed by atoms with Crippen molar-refractivity contribution in [2.75, 3.05) is 32.8 Å². The molecule has 2 atom stereocenters. The van der Waals surface area contributed by atoms with Gasteiger partial charge in [-0.2, -0.15) is 0 Å². The molecule has 2 rings (SSSR count).